The van der Waals surface area contributed by atoms with Crippen LogP contribution in [-0.2, 0) is 6.54 Å². The van der Waals surface area contributed by atoms with E-state index in [1.165, 1.54) is 0 Å². The molecule has 0 aliphatic carbocycles. The zero-order valence-electron chi connectivity index (χ0n) is 15.5. The molecule has 0 saturated carbocycles. The Balaban J connectivity index is 1.54. The number of hydrogen-bond acceptors (Lipinski definition) is 4. The molecule has 6 nitrogen and oxygen atoms in total. The van der Waals surface area contributed by atoms with E-state index in [9.17, 15) is 4.79 Å². The number of amides is 1. The number of rotatable bonds is 8. The lowest BCUT2D eigenvalue weighted by Gasteiger charge is -2.11. The topological polar surface area (TPSA) is 65.4 Å². The molecule has 140 valence electrons. The van der Waals surface area contributed by atoms with Gasteiger partial charge in [-0.2, -0.15) is 0 Å². The van der Waals surface area contributed by atoms with Crippen LogP contribution in [0.2, 0.25) is 0 Å². The molecule has 1 N–H and O–H groups in total. The van der Waals surface area contributed by atoms with Gasteiger partial charge in [-0.3, -0.25) is 4.79 Å². The van der Waals surface area contributed by atoms with Crippen LogP contribution in [0, 0.1) is 0 Å². The van der Waals surface area contributed by atoms with Crippen molar-refractivity contribution in [2.45, 2.75) is 13.0 Å². The minimum atomic E-state index is -0.134. The van der Waals surface area contributed by atoms with Gasteiger partial charge in [0.1, 0.15) is 5.82 Å². The molecule has 2 aromatic carbocycles. The van der Waals surface area contributed by atoms with E-state index in [1.54, 1.807) is 38.6 Å². The standard InChI is InChI=1S/C21H23N3O3/c1-26-18-10-9-17(15-19(18)27-2)21(25)23-11-6-13-24-14-12-22-20(24)16-7-4-3-5-8-16/h3-5,7-10,12,14-15H,6,11,13H2,1-2H3,(H,23,25). The maximum atomic E-state index is 12.3. The Kier molecular flexibility index (Phi) is 6.10. The predicted molar refractivity (Wildman–Crippen MR) is 104 cm³/mol. The van der Waals surface area contributed by atoms with Crippen LogP contribution in [0.4, 0.5) is 0 Å². The van der Waals surface area contributed by atoms with E-state index in [0.717, 1.165) is 24.4 Å². The van der Waals surface area contributed by atoms with Crippen LogP contribution < -0.4 is 14.8 Å². The molecule has 27 heavy (non-hydrogen) atoms. The first kappa shape index (κ1) is 18.5. The van der Waals surface area contributed by atoms with Crippen molar-refractivity contribution in [3.8, 4) is 22.9 Å². The van der Waals surface area contributed by atoms with Gasteiger partial charge in [-0.15, -0.1) is 0 Å². The highest BCUT2D eigenvalue weighted by Crippen LogP contribution is 2.27. The van der Waals surface area contributed by atoms with Crippen molar-refractivity contribution < 1.29 is 14.3 Å². The Morgan fingerprint density at radius 1 is 1.07 bits per heavy atom. The molecule has 0 spiro atoms. The number of carbonyl (C=O) groups excluding carboxylic acids is 1. The zero-order valence-corrected chi connectivity index (χ0v) is 15.5. The van der Waals surface area contributed by atoms with Gasteiger partial charge in [0.05, 0.1) is 14.2 Å². The largest absolute Gasteiger partial charge is 0.493 e. The SMILES string of the molecule is COc1ccc(C(=O)NCCCn2ccnc2-c2ccccc2)cc1OC. The second-order valence-corrected chi connectivity index (χ2v) is 5.99. The van der Waals surface area contributed by atoms with Crippen molar-refractivity contribution in [2.75, 3.05) is 20.8 Å². The lowest BCUT2D eigenvalue weighted by Crippen LogP contribution is -2.25. The summed E-state index contributed by atoms with van der Waals surface area (Å²) in [5, 5.41) is 2.94. The molecular formula is C21H23N3O3. The molecule has 3 aromatic rings. The van der Waals surface area contributed by atoms with Gasteiger partial charge in [-0.1, -0.05) is 30.3 Å². The van der Waals surface area contributed by atoms with Crippen molar-refractivity contribution >= 4 is 5.91 Å². The van der Waals surface area contributed by atoms with Gasteiger partial charge in [0.2, 0.25) is 0 Å². The lowest BCUT2D eigenvalue weighted by atomic mass is 10.2. The summed E-state index contributed by atoms with van der Waals surface area (Å²) in [6.45, 7) is 1.34. The van der Waals surface area contributed by atoms with Crippen molar-refractivity contribution in [1.29, 1.82) is 0 Å². The van der Waals surface area contributed by atoms with Crippen LogP contribution in [0.15, 0.2) is 60.9 Å². The maximum Gasteiger partial charge on any atom is 0.251 e. The number of aromatic nitrogens is 2. The number of imidazole rings is 1. The highest BCUT2D eigenvalue weighted by molar-refractivity contribution is 5.94. The van der Waals surface area contributed by atoms with E-state index >= 15 is 0 Å². The van der Waals surface area contributed by atoms with Gasteiger partial charge >= 0.3 is 0 Å². The fourth-order valence-electron chi connectivity index (χ4n) is 2.87. The van der Waals surface area contributed by atoms with Crippen molar-refractivity contribution in [3.05, 3.63) is 66.5 Å². The third kappa shape index (κ3) is 4.47. The summed E-state index contributed by atoms with van der Waals surface area (Å²) in [4.78, 5) is 16.8. The summed E-state index contributed by atoms with van der Waals surface area (Å²) in [7, 11) is 3.12. The Bertz CT molecular complexity index is 891. The van der Waals surface area contributed by atoms with E-state index in [2.05, 4.69) is 14.9 Å². The smallest absolute Gasteiger partial charge is 0.251 e. The van der Waals surface area contributed by atoms with Crippen LogP contribution in [0.1, 0.15) is 16.8 Å². The van der Waals surface area contributed by atoms with Crippen LogP contribution >= 0.6 is 0 Å². The van der Waals surface area contributed by atoms with Crippen molar-refractivity contribution in [2.24, 2.45) is 0 Å². The van der Waals surface area contributed by atoms with Gasteiger partial charge in [0.25, 0.3) is 5.91 Å². The molecule has 0 radical (unpaired) electrons. The molecule has 0 bridgehead atoms. The average molecular weight is 365 g/mol. The van der Waals surface area contributed by atoms with Gasteiger partial charge in [0, 0.05) is 36.6 Å². The molecule has 0 unspecified atom stereocenters. The molecule has 1 heterocycles. The van der Waals surface area contributed by atoms with Crippen LogP contribution in [-0.4, -0.2) is 36.2 Å². The number of nitrogens with one attached hydrogen (secondary N) is 1. The summed E-state index contributed by atoms with van der Waals surface area (Å²) in [6, 6.07) is 15.2. The van der Waals surface area contributed by atoms with Crippen LogP contribution in [0.25, 0.3) is 11.4 Å². The Morgan fingerprint density at radius 2 is 1.85 bits per heavy atom. The van der Waals surface area contributed by atoms with E-state index in [1.807, 2.05) is 36.5 Å². The highest BCUT2D eigenvalue weighted by atomic mass is 16.5. The number of carbonyl (C=O) groups is 1. The molecule has 0 aliphatic heterocycles. The molecule has 1 amide bonds. The Morgan fingerprint density at radius 3 is 2.59 bits per heavy atom. The summed E-state index contributed by atoms with van der Waals surface area (Å²) in [6.07, 6.45) is 4.55. The minimum Gasteiger partial charge on any atom is -0.493 e. The molecule has 6 heteroatoms. The first-order valence-corrected chi connectivity index (χ1v) is 8.79. The quantitative estimate of drug-likeness (QED) is 0.622. The number of benzene rings is 2. The van der Waals surface area contributed by atoms with E-state index in [0.29, 0.717) is 23.6 Å². The third-order valence-electron chi connectivity index (χ3n) is 4.25. The normalized spacial score (nSPS) is 10.4. The summed E-state index contributed by atoms with van der Waals surface area (Å²) < 4.78 is 12.5. The van der Waals surface area contributed by atoms with Gasteiger partial charge in [-0.25, -0.2) is 4.98 Å². The van der Waals surface area contributed by atoms with Crippen LogP contribution in [0.5, 0.6) is 11.5 Å². The second-order valence-electron chi connectivity index (χ2n) is 5.99. The molecule has 0 aliphatic rings. The monoisotopic (exact) mass is 365 g/mol. The first-order valence-electron chi connectivity index (χ1n) is 8.79. The van der Waals surface area contributed by atoms with E-state index in [-0.39, 0.29) is 5.91 Å². The minimum absolute atomic E-state index is 0.134. The average Bonchev–Trinajstić information content (AvgIpc) is 3.19. The summed E-state index contributed by atoms with van der Waals surface area (Å²) in [5.41, 5.74) is 1.62. The number of ether oxygens (including phenoxy) is 2. The molecule has 1 aromatic heterocycles. The second kappa shape index (κ2) is 8.89. The fraction of sp³-hybridized carbons (Fsp3) is 0.238. The number of methoxy groups -OCH3 is 2. The first-order chi connectivity index (χ1) is 13.2. The summed E-state index contributed by atoms with van der Waals surface area (Å²) in [5.74, 6) is 1.94. The third-order valence-corrected chi connectivity index (χ3v) is 4.25. The molecule has 0 fully saturated rings. The maximum absolute atomic E-state index is 12.3. The molecule has 0 saturated heterocycles. The zero-order chi connectivity index (χ0) is 19.1. The number of nitrogens with zero attached hydrogens (tertiary/aromatic N) is 2. The number of hydrogen-bond donors (Lipinski definition) is 1. The van der Waals surface area contributed by atoms with Crippen LogP contribution in [0.3, 0.4) is 0 Å². The predicted octanol–water partition coefficient (Wildman–Crippen LogP) is 3.39. The summed E-state index contributed by atoms with van der Waals surface area (Å²) >= 11 is 0. The van der Waals surface area contributed by atoms with Gasteiger partial charge in [0.15, 0.2) is 11.5 Å². The highest BCUT2D eigenvalue weighted by Gasteiger charge is 2.10. The Labute approximate surface area is 158 Å². The van der Waals surface area contributed by atoms with Crippen molar-refractivity contribution in [1.82, 2.24) is 14.9 Å². The molecule has 3 rings (SSSR count). The Hall–Kier alpha value is -3.28. The van der Waals surface area contributed by atoms with E-state index in [4.69, 9.17) is 9.47 Å². The van der Waals surface area contributed by atoms with E-state index < -0.39 is 0 Å². The number of aryl methyl sites for hydroxylation is 1. The van der Waals surface area contributed by atoms with Gasteiger partial charge in [-0.05, 0) is 24.6 Å². The van der Waals surface area contributed by atoms with Crippen molar-refractivity contribution in [3.63, 3.8) is 0 Å². The van der Waals surface area contributed by atoms with Gasteiger partial charge < -0.3 is 19.4 Å². The fourth-order valence-corrected chi connectivity index (χ4v) is 2.87. The molecular weight excluding hydrogens is 342 g/mol. The molecule has 0 atom stereocenters. The lowest BCUT2D eigenvalue weighted by molar-refractivity contribution is 0.0952.